The van der Waals surface area contributed by atoms with E-state index in [0.29, 0.717) is 18.7 Å². The molecule has 4 nitrogen and oxygen atoms in total. The van der Waals surface area contributed by atoms with E-state index in [9.17, 15) is 4.39 Å². The molecule has 106 valence electrons. The highest BCUT2D eigenvalue weighted by molar-refractivity contribution is 6.30. The van der Waals surface area contributed by atoms with Crippen molar-refractivity contribution in [2.75, 3.05) is 13.1 Å². The van der Waals surface area contributed by atoms with Crippen LogP contribution in [0.1, 0.15) is 17.4 Å². The van der Waals surface area contributed by atoms with Crippen molar-refractivity contribution >= 4 is 11.6 Å². The number of benzene rings is 1. The van der Waals surface area contributed by atoms with Gasteiger partial charge in [0.15, 0.2) is 0 Å². The minimum atomic E-state index is -0.376. The maximum Gasteiger partial charge on any atom is 0.146 e. The molecule has 0 saturated carbocycles. The van der Waals surface area contributed by atoms with Gasteiger partial charge in [0.25, 0.3) is 0 Å². The fraction of sp³-hybridized carbons (Fsp3) is 0.357. The highest BCUT2D eigenvalue weighted by Gasteiger charge is 2.26. The molecule has 0 spiro atoms. The molecule has 2 heterocycles. The summed E-state index contributed by atoms with van der Waals surface area (Å²) in [6, 6.07) is 4.88. The number of fused-ring (bicyclic) bond motifs is 1. The SMILES string of the molecule is NCC(c1cccc(Cl)c1F)N1CCn2ccnc2C1. The Balaban J connectivity index is 1.89. The van der Waals surface area contributed by atoms with Crippen molar-refractivity contribution in [3.05, 3.63) is 52.8 Å². The molecule has 2 aromatic rings. The Morgan fingerprint density at radius 2 is 2.25 bits per heavy atom. The third kappa shape index (κ3) is 2.32. The smallest absolute Gasteiger partial charge is 0.146 e. The van der Waals surface area contributed by atoms with Crippen molar-refractivity contribution in [2.24, 2.45) is 5.73 Å². The lowest BCUT2D eigenvalue weighted by molar-refractivity contribution is 0.153. The summed E-state index contributed by atoms with van der Waals surface area (Å²) >= 11 is 5.87. The van der Waals surface area contributed by atoms with Crippen LogP contribution in [0.15, 0.2) is 30.6 Å². The lowest BCUT2D eigenvalue weighted by Gasteiger charge is -2.34. The zero-order valence-electron chi connectivity index (χ0n) is 11.0. The van der Waals surface area contributed by atoms with Gasteiger partial charge in [-0.05, 0) is 6.07 Å². The predicted octanol–water partition coefficient (Wildman–Crippen LogP) is 2.19. The number of hydrogen-bond acceptors (Lipinski definition) is 3. The molecule has 0 radical (unpaired) electrons. The number of rotatable bonds is 3. The minimum Gasteiger partial charge on any atom is -0.333 e. The molecule has 0 saturated heterocycles. The van der Waals surface area contributed by atoms with Crippen LogP contribution in [0.3, 0.4) is 0 Å². The highest BCUT2D eigenvalue weighted by atomic mass is 35.5. The van der Waals surface area contributed by atoms with Crippen LogP contribution in [-0.4, -0.2) is 27.5 Å². The number of hydrogen-bond donors (Lipinski definition) is 1. The fourth-order valence-electron chi connectivity index (χ4n) is 2.71. The number of aromatic nitrogens is 2. The van der Waals surface area contributed by atoms with Crippen molar-refractivity contribution in [3.63, 3.8) is 0 Å². The molecule has 0 bridgehead atoms. The van der Waals surface area contributed by atoms with Gasteiger partial charge >= 0.3 is 0 Å². The van der Waals surface area contributed by atoms with Crippen LogP contribution in [0.25, 0.3) is 0 Å². The van der Waals surface area contributed by atoms with Gasteiger partial charge in [-0.15, -0.1) is 0 Å². The van der Waals surface area contributed by atoms with Crippen LogP contribution in [0.5, 0.6) is 0 Å². The lowest BCUT2D eigenvalue weighted by Crippen LogP contribution is -2.40. The van der Waals surface area contributed by atoms with Gasteiger partial charge in [-0.1, -0.05) is 23.7 Å². The van der Waals surface area contributed by atoms with Gasteiger partial charge in [0.1, 0.15) is 11.6 Å². The van der Waals surface area contributed by atoms with Gasteiger partial charge in [-0.3, -0.25) is 4.90 Å². The second-order valence-electron chi connectivity index (χ2n) is 4.90. The van der Waals surface area contributed by atoms with Crippen LogP contribution in [0, 0.1) is 5.82 Å². The molecule has 2 N–H and O–H groups in total. The Hall–Kier alpha value is -1.43. The molecule has 0 fully saturated rings. The molecule has 1 aliphatic rings. The van der Waals surface area contributed by atoms with Crippen molar-refractivity contribution in [1.29, 1.82) is 0 Å². The molecular weight excluding hydrogens is 279 g/mol. The van der Waals surface area contributed by atoms with E-state index in [1.807, 2.05) is 6.20 Å². The van der Waals surface area contributed by atoms with Crippen LogP contribution < -0.4 is 5.73 Å². The Morgan fingerprint density at radius 3 is 3.05 bits per heavy atom. The second-order valence-corrected chi connectivity index (χ2v) is 5.31. The molecule has 1 aromatic carbocycles. The van der Waals surface area contributed by atoms with E-state index in [2.05, 4.69) is 14.5 Å². The fourth-order valence-corrected chi connectivity index (χ4v) is 2.89. The summed E-state index contributed by atoms with van der Waals surface area (Å²) in [4.78, 5) is 6.47. The topological polar surface area (TPSA) is 47.1 Å². The largest absolute Gasteiger partial charge is 0.333 e. The van der Waals surface area contributed by atoms with Gasteiger partial charge in [-0.2, -0.15) is 0 Å². The van der Waals surface area contributed by atoms with E-state index in [1.54, 1.807) is 24.4 Å². The van der Waals surface area contributed by atoms with Gasteiger partial charge in [-0.25, -0.2) is 9.37 Å². The molecule has 1 unspecified atom stereocenters. The van der Waals surface area contributed by atoms with Gasteiger partial charge in [0, 0.05) is 37.6 Å². The Kier molecular flexibility index (Phi) is 3.74. The van der Waals surface area contributed by atoms with E-state index in [0.717, 1.165) is 18.9 Å². The summed E-state index contributed by atoms with van der Waals surface area (Å²) in [7, 11) is 0. The molecule has 0 amide bonds. The maximum absolute atomic E-state index is 14.2. The lowest BCUT2D eigenvalue weighted by atomic mass is 10.0. The zero-order chi connectivity index (χ0) is 14.1. The Morgan fingerprint density at radius 1 is 1.40 bits per heavy atom. The summed E-state index contributed by atoms with van der Waals surface area (Å²) in [5, 5.41) is 0.138. The Bertz CT molecular complexity index is 613. The quantitative estimate of drug-likeness (QED) is 0.944. The van der Waals surface area contributed by atoms with Gasteiger partial charge < -0.3 is 10.3 Å². The van der Waals surface area contributed by atoms with Crippen molar-refractivity contribution in [3.8, 4) is 0 Å². The summed E-state index contributed by atoms with van der Waals surface area (Å²) in [5.41, 5.74) is 6.43. The van der Waals surface area contributed by atoms with Crippen molar-refractivity contribution in [1.82, 2.24) is 14.5 Å². The first-order chi connectivity index (χ1) is 9.70. The number of nitrogens with two attached hydrogens (primary N) is 1. The highest BCUT2D eigenvalue weighted by Crippen LogP contribution is 2.29. The minimum absolute atomic E-state index is 0.138. The molecule has 1 aromatic heterocycles. The summed E-state index contributed by atoms with van der Waals surface area (Å²) < 4.78 is 16.3. The molecule has 3 rings (SSSR count). The Labute approximate surface area is 122 Å². The van der Waals surface area contributed by atoms with Gasteiger partial charge in [0.05, 0.1) is 17.6 Å². The van der Waals surface area contributed by atoms with E-state index < -0.39 is 0 Å². The molecule has 6 heteroatoms. The second kappa shape index (κ2) is 5.52. The molecular formula is C14H16ClFN4. The first-order valence-electron chi connectivity index (χ1n) is 6.58. The van der Waals surface area contributed by atoms with Crippen LogP contribution in [-0.2, 0) is 13.1 Å². The monoisotopic (exact) mass is 294 g/mol. The summed E-state index contributed by atoms with van der Waals surface area (Å²) in [6.45, 7) is 2.67. The maximum atomic E-state index is 14.2. The van der Waals surface area contributed by atoms with E-state index in [4.69, 9.17) is 17.3 Å². The third-order valence-corrected chi connectivity index (χ3v) is 4.07. The van der Waals surface area contributed by atoms with Crippen molar-refractivity contribution < 1.29 is 4.39 Å². The molecule has 0 aliphatic carbocycles. The first-order valence-corrected chi connectivity index (χ1v) is 6.96. The third-order valence-electron chi connectivity index (χ3n) is 3.78. The average Bonchev–Trinajstić information content (AvgIpc) is 2.92. The summed E-state index contributed by atoms with van der Waals surface area (Å²) in [5.74, 6) is 0.607. The van der Waals surface area contributed by atoms with Crippen LogP contribution >= 0.6 is 11.6 Å². The number of nitrogens with zero attached hydrogens (tertiary/aromatic N) is 3. The zero-order valence-corrected chi connectivity index (χ0v) is 11.7. The first kappa shape index (κ1) is 13.5. The van der Waals surface area contributed by atoms with E-state index in [1.165, 1.54) is 0 Å². The molecule has 1 aliphatic heterocycles. The number of halogens is 2. The predicted molar refractivity (Wildman–Crippen MR) is 75.8 cm³/mol. The number of imidazole rings is 1. The average molecular weight is 295 g/mol. The normalized spacial score (nSPS) is 16.9. The van der Waals surface area contributed by atoms with E-state index >= 15 is 0 Å². The standard InChI is InChI=1S/C14H16ClFN4/c15-11-3-1-2-10(14(11)16)12(8-17)20-7-6-19-5-4-18-13(19)9-20/h1-5,12H,6-9,17H2. The molecule has 20 heavy (non-hydrogen) atoms. The van der Waals surface area contributed by atoms with E-state index in [-0.39, 0.29) is 16.9 Å². The summed E-state index contributed by atoms with van der Waals surface area (Å²) in [6.07, 6.45) is 3.75. The van der Waals surface area contributed by atoms with Gasteiger partial charge in [0.2, 0.25) is 0 Å². The van der Waals surface area contributed by atoms with Crippen LogP contribution in [0.2, 0.25) is 5.02 Å². The molecule has 1 atom stereocenters. The van der Waals surface area contributed by atoms with Crippen molar-refractivity contribution in [2.45, 2.75) is 19.1 Å². The van der Waals surface area contributed by atoms with Crippen LogP contribution in [0.4, 0.5) is 4.39 Å².